The van der Waals surface area contributed by atoms with Gasteiger partial charge in [-0.3, -0.25) is 19.6 Å². The maximum atomic E-state index is 13.3. The lowest BCUT2D eigenvalue weighted by Crippen LogP contribution is -2.61. The number of thioether (sulfide) groups is 2. The number of ether oxygens (including phenoxy) is 1. The van der Waals surface area contributed by atoms with Gasteiger partial charge in [-0.2, -0.15) is 11.8 Å². The van der Waals surface area contributed by atoms with E-state index in [0.717, 1.165) is 0 Å². The number of aliphatic imine (C=N–C) groups is 2. The molecule has 0 aromatic heterocycles. The molecule has 1 heterocycles. The number of aliphatic carboxylic acids is 2. The van der Waals surface area contributed by atoms with E-state index in [0.29, 0.717) is 17.5 Å². The Morgan fingerprint density at radius 3 is 2.53 bits per heavy atom. The van der Waals surface area contributed by atoms with Crippen LogP contribution in [0.2, 0.25) is 0 Å². The Labute approximate surface area is 206 Å². The minimum absolute atomic E-state index is 0.0480. The number of fused-ring (bicyclic) bond motifs is 1. The van der Waals surface area contributed by atoms with Crippen LogP contribution < -0.4 is 10.6 Å². The third kappa shape index (κ3) is 5.68. The molecule has 6 atom stereocenters. The van der Waals surface area contributed by atoms with E-state index in [9.17, 15) is 29.4 Å². The molecule has 188 valence electrons. The van der Waals surface area contributed by atoms with Gasteiger partial charge in [-0.25, -0.2) is 9.59 Å². The topological polar surface area (TPSA) is 167 Å². The Morgan fingerprint density at radius 2 is 2.00 bits per heavy atom. The van der Waals surface area contributed by atoms with Crippen molar-refractivity contribution >= 4 is 58.7 Å². The Balaban J connectivity index is 1.81. The normalized spacial score (nSPS) is 30.2. The van der Waals surface area contributed by atoms with Crippen molar-refractivity contribution in [1.29, 1.82) is 0 Å². The fourth-order valence-corrected chi connectivity index (χ4v) is 6.52. The van der Waals surface area contributed by atoms with Crippen molar-refractivity contribution in [2.45, 2.75) is 56.0 Å². The van der Waals surface area contributed by atoms with E-state index >= 15 is 0 Å². The van der Waals surface area contributed by atoms with Gasteiger partial charge < -0.3 is 25.6 Å². The zero-order valence-electron chi connectivity index (χ0n) is 19.4. The van der Waals surface area contributed by atoms with E-state index in [1.165, 1.54) is 23.5 Å². The number of carbonyl (C=O) groups excluding carboxylic acids is 2. The number of nitrogens with zero attached hydrogens (tertiary/aromatic N) is 2. The van der Waals surface area contributed by atoms with E-state index < -0.39 is 58.9 Å². The lowest BCUT2D eigenvalue weighted by atomic mass is 9.89. The molecular weight excluding hydrogens is 484 g/mol. The van der Waals surface area contributed by atoms with Crippen LogP contribution in [-0.2, 0) is 19.1 Å². The highest BCUT2D eigenvalue weighted by atomic mass is 32.2. The first-order chi connectivity index (χ1) is 15.9. The van der Waals surface area contributed by atoms with Gasteiger partial charge in [0.05, 0.1) is 12.1 Å². The summed E-state index contributed by atoms with van der Waals surface area (Å²) in [5.74, 6) is -4.58. The minimum atomic E-state index is -1.76. The summed E-state index contributed by atoms with van der Waals surface area (Å²) in [4.78, 5) is 58.2. The van der Waals surface area contributed by atoms with E-state index in [-0.39, 0.29) is 18.1 Å². The average molecular weight is 515 g/mol. The van der Waals surface area contributed by atoms with Gasteiger partial charge in [0, 0.05) is 11.2 Å². The zero-order valence-corrected chi connectivity index (χ0v) is 21.1. The summed E-state index contributed by atoms with van der Waals surface area (Å²) in [6.07, 6.45) is 2.95. The number of alkyl carbamates (subject to hydrolysis) is 1. The summed E-state index contributed by atoms with van der Waals surface area (Å²) in [7, 11) is 0. The molecule has 0 saturated heterocycles. The summed E-state index contributed by atoms with van der Waals surface area (Å²) in [5.41, 5.74) is -2.53. The second-order valence-corrected chi connectivity index (χ2v) is 11.8. The summed E-state index contributed by atoms with van der Waals surface area (Å²) in [6, 6.07) is -1.03. The molecule has 4 N–H and O–H groups in total. The molecule has 0 radical (unpaired) electrons. The number of amides is 2. The quantitative estimate of drug-likeness (QED) is 0.356. The summed E-state index contributed by atoms with van der Waals surface area (Å²) in [6.45, 7) is 5.37. The lowest BCUT2D eigenvalue weighted by molar-refractivity contribution is -0.150. The monoisotopic (exact) mass is 514 g/mol. The van der Waals surface area contributed by atoms with Gasteiger partial charge in [0.1, 0.15) is 28.9 Å². The Morgan fingerprint density at radius 1 is 1.29 bits per heavy atom. The standard InChI is InChI=1S/C21H30N4O7S2/c1-20(2,3)32-19(31)24-10(5-6-33-4)16(26)25-21(18(29)30)7-11(34-12-8-22-9-23-12)13-14(15(13)21)17(27)28/h8,10-11,13-15H,5-7,9H2,1-4H3,(H,24,31)(H,25,26)(H,27,28)(H,29,30)/t10-,11+,13-,14-,15-,21-/m0/s1. The van der Waals surface area contributed by atoms with Crippen molar-refractivity contribution < 1.29 is 34.1 Å². The third-order valence-corrected chi connectivity index (χ3v) is 7.91. The fraction of sp³-hybridized carbons (Fsp3) is 0.714. The second kappa shape index (κ2) is 10.1. The van der Waals surface area contributed by atoms with Crippen molar-refractivity contribution in [2.75, 3.05) is 18.7 Å². The molecule has 3 rings (SSSR count). The van der Waals surface area contributed by atoms with Crippen molar-refractivity contribution in [3.63, 3.8) is 0 Å². The second-order valence-electron chi connectivity index (χ2n) is 9.52. The molecule has 2 fully saturated rings. The van der Waals surface area contributed by atoms with Crippen molar-refractivity contribution in [3.8, 4) is 0 Å². The maximum Gasteiger partial charge on any atom is 0.408 e. The average Bonchev–Trinajstić information content (AvgIpc) is 3.12. The molecule has 0 aromatic carbocycles. The Kier molecular flexibility index (Phi) is 7.85. The minimum Gasteiger partial charge on any atom is -0.481 e. The number of carbonyl (C=O) groups is 4. The van der Waals surface area contributed by atoms with Crippen molar-refractivity contribution in [2.24, 2.45) is 27.7 Å². The van der Waals surface area contributed by atoms with Crippen LogP contribution in [0.4, 0.5) is 4.79 Å². The summed E-state index contributed by atoms with van der Waals surface area (Å²) < 4.78 is 5.25. The number of hydrogen-bond donors (Lipinski definition) is 4. The van der Waals surface area contributed by atoms with Crippen molar-refractivity contribution in [3.05, 3.63) is 0 Å². The van der Waals surface area contributed by atoms with Crippen LogP contribution >= 0.6 is 23.5 Å². The van der Waals surface area contributed by atoms with Crippen LogP contribution in [0, 0.1) is 17.8 Å². The lowest BCUT2D eigenvalue weighted by Gasteiger charge is -2.32. The molecule has 0 spiro atoms. The van der Waals surface area contributed by atoms with Crippen LogP contribution in [0.3, 0.4) is 0 Å². The van der Waals surface area contributed by atoms with Gasteiger partial charge in [-0.05, 0) is 51.5 Å². The number of carboxylic acids is 2. The van der Waals surface area contributed by atoms with Crippen LogP contribution in [0.1, 0.15) is 33.6 Å². The molecule has 2 amide bonds. The first kappa shape index (κ1) is 26.3. The Bertz CT molecular complexity index is 919. The van der Waals surface area contributed by atoms with Gasteiger partial charge in [0.25, 0.3) is 0 Å². The fourth-order valence-electron chi connectivity index (χ4n) is 4.63. The van der Waals surface area contributed by atoms with Crippen molar-refractivity contribution in [1.82, 2.24) is 10.6 Å². The van der Waals surface area contributed by atoms with Crippen LogP contribution in [0.5, 0.6) is 0 Å². The van der Waals surface area contributed by atoms with E-state index in [1.54, 1.807) is 27.0 Å². The van der Waals surface area contributed by atoms with Crippen LogP contribution in [0.25, 0.3) is 0 Å². The first-order valence-corrected chi connectivity index (χ1v) is 13.1. The first-order valence-electron chi connectivity index (χ1n) is 10.9. The smallest absolute Gasteiger partial charge is 0.408 e. The van der Waals surface area contributed by atoms with E-state index in [1.807, 2.05) is 6.26 Å². The molecule has 34 heavy (non-hydrogen) atoms. The predicted molar refractivity (Wildman–Crippen MR) is 130 cm³/mol. The van der Waals surface area contributed by atoms with E-state index in [4.69, 9.17) is 4.74 Å². The largest absolute Gasteiger partial charge is 0.481 e. The van der Waals surface area contributed by atoms with Gasteiger partial charge in [-0.15, -0.1) is 11.8 Å². The van der Waals surface area contributed by atoms with Gasteiger partial charge in [0.15, 0.2) is 0 Å². The predicted octanol–water partition coefficient (Wildman–Crippen LogP) is 1.47. The highest BCUT2D eigenvalue weighted by molar-refractivity contribution is 8.16. The molecule has 0 unspecified atom stereocenters. The van der Waals surface area contributed by atoms with Gasteiger partial charge in [-0.1, -0.05) is 0 Å². The van der Waals surface area contributed by atoms with Crippen LogP contribution in [-0.4, -0.2) is 86.5 Å². The summed E-state index contributed by atoms with van der Waals surface area (Å²) in [5, 5.41) is 25.3. The molecular formula is C21H30N4O7S2. The highest BCUT2D eigenvalue weighted by Gasteiger charge is 2.75. The number of nitrogens with one attached hydrogen (secondary N) is 2. The molecule has 1 aliphatic heterocycles. The molecule has 3 aliphatic rings. The molecule has 0 aromatic rings. The molecule has 2 saturated carbocycles. The van der Waals surface area contributed by atoms with Crippen LogP contribution in [0.15, 0.2) is 9.98 Å². The van der Waals surface area contributed by atoms with E-state index in [2.05, 4.69) is 20.6 Å². The van der Waals surface area contributed by atoms with Gasteiger partial charge >= 0.3 is 18.0 Å². The van der Waals surface area contributed by atoms with Gasteiger partial charge in [0.2, 0.25) is 5.91 Å². The molecule has 11 nitrogen and oxygen atoms in total. The Hall–Kier alpha value is -2.28. The maximum absolute atomic E-state index is 13.3. The number of hydrogen-bond acceptors (Lipinski definition) is 9. The zero-order chi connectivity index (χ0) is 25.3. The molecule has 13 heteroatoms. The molecule has 0 bridgehead atoms. The molecule has 2 aliphatic carbocycles. The third-order valence-electron chi connectivity index (χ3n) is 6.01. The highest BCUT2D eigenvalue weighted by Crippen LogP contribution is 2.65. The SMILES string of the molecule is CSCC[C@H](NC(=O)OC(C)(C)C)C(=O)N[C@@]1(C(=O)O)C[C@@H](SC2=NCN=C2)[C@H]2[C@H](C(=O)O)[C@H]21. The summed E-state index contributed by atoms with van der Waals surface area (Å²) >= 11 is 2.77. The number of rotatable bonds is 9. The number of carboxylic acid groups (broad SMARTS) is 2.